The highest BCUT2D eigenvalue weighted by molar-refractivity contribution is 6.31. The third-order valence-electron chi connectivity index (χ3n) is 4.17. The largest absolute Gasteiger partial charge is 0.350 e. The van der Waals surface area contributed by atoms with Crippen molar-refractivity contribution in [1.29, 1.82) is 0 Å². The third-order valence-corrected chi connectivity index (χ3v) is 4.54. The maximum absolute atomic E-state index is 12.4. The molecule has 0 unspecified atom stereocenters. The Morgan fingerprint density at radius 1 is 1.25 bits per heavy atom. The van der Waals surface area contributed by atoms with Crippen molar-refractivity contribution in [3.63, 3.8) is 0 Å². The number of nitrogens with one attached hydrogen (secondary N) is 2. The second kappa shape index (κ2) is 7.62. The average Bonchev–Trinajstić information content (AvgIpc) is 3.06. The second-order valence-corrected chi connectivity index (χ2v) is 6.53. The molecule has 1 amide bonds. The number of amides is 1. The van der Waals surface area contributed by atoms with Crippen LogP contribution in [-0.2, 0) is 6.54 Å². The zero-order chi connectivity index (χ0) is 16.9. The lowest BCUT2D eigenvalue weighted by molar-refractivity contribution is 0.0932. The molecule has 1 aromatic heterocycles. The normalized spacial score (nSPS) is 14.6. The molecule has 0 aliphatic heterocycles. The molecule has 1 heterocycles. The summed E-state index contributed by atoms with van der Waals surface area (Å²) in [5.74, 6) is 0.305. The molecule has 0 bridgehead atoms. The molecule has 3 rings (SSSR count). The first kappa shape index (κ1) is 16.7. The molecule has 1 saturated carbocycles. The number of aromatic nitrogens is 2. The lowest BCUT2D eigenvalue weighted by Gasteiger charge is -2.13. The summed E-state index contributed by atoms with van der Waals surface area (Å²) in [4.78, 5) is 21.1. The molecule has 0 saturated heterocycles. The Morgan fingerprint density at radius 2 is 2.00 bits per heavy atom. The quantitative estimate of drug-likeness (QED) is 0.867. The SMILES string of the molecule is Cc1cc(C(=O)NC2CCCC2)nc(NCc2ccccc2Cl)n1. The van der Waals surface area contributed by atoms with Gasteiger partial charge in [0.05, 0.1) is 0 Å². The van der Waals surface area contributed by atoms with E-state index in [9.17, 15) is 4.79 Å². The molecule has 5 nitrogen and oxygen atoms in total. The summed E-state index contributed by atoms with van der Waals surface area (Å²) < 4.78 is 0. The monoisotopic (exact) mass is 344 g/mol. The highest BCUT2D eigenvalue weighted by Gasteiger charge is 2.19. The minimum atomic E-state index is -0.131. The summed E-state index contributed by atoms with van der Waals surface area (Å²) in [7, 11) is 0. The Labute approximate surface area is 146 Å². The maximum Gasteiger partial charge on any atom is 0.270 e. The van der Waals surface area contributed by atoms with Crippen LogP contribution < -0.4 is 10.6 Å². The fourth-order valence-corrected chi connectivity index (χ4v) is 3.11. The summed E-state index contributed by atoms with van der Waals surface area (Å²) in [5.41, 5.74) is 2.11. The molecular weight excluding hydrogens is 324 g/mol. The zero-order valence-electron chi connectivity index (χ0n) is 13.7. The van der Waals surface area contributed by atoms with Gasteiger partial charge in [-0.3, -0.25) is 4.79 Å². The van der Waals surface area contributed by atoms with Crippen LogP contribution in [0.1, 0.15) is 47.4 Å². The van der Waals surface area contributed by atoms with Crippen molar-refractivity contribution in [2.75, 3.05) is 5.32 Å². The van der Waals surface area contributed by atoms with Gasteiger partial charge in [-0.2, -0.15) is 0 Å². The zero-order valence-corrected chi connectivity index (χ0v) is 14.4. The predicted octanol–water partition coefficient (Wildman–Crippen LogP) is 3.72. The van der Waals surface area contributed by atoms with Crippen LogP contribution in [0.3, 0.4) is 0 Å². The minimum absolute atomic E-state index is 0.131. The van der Waals surface area contributed by atoms with E-state index in [-0.39, 0.29) is 11.9 Å². The number of rotatable bonds is 5. The standard InChI is InChI=1S/C18H21ClN4O/c1-12-10-16(17(24)22-14-7-3-4-8-14)23-18(21-12)20-11-13-6-2-5-9-15(13)19/h2,5-6,9-10,14H,3-4,7-8,11H2,1H3,(H,22,24)(H,20,21,23). The Kier molecular flexibility index (Phi) is 5.30. The number of hydrogen-bond donors (Lipinski definition) is 2. The Bertz CT molecular complexity index is 729. The van der Waals surface area contributed by atoms with Gasteiger partial charge in [-0.25, -0.2) is 9.97 Å². The van der Waals surface area contributed by atoms with Crippen LogP contribution in [0.4, 0.5) is 5.95 Å². The van der Waals surface area contributed by atoms with Gasteiger partial charge in [-0.1, -0.05) is 42.6 Å². The first-order chi connectivity index (χ1) is 11.6. The van der Waals surface area contributed by atoms with E-state index in [1.807, 2.05) is 31.2 Å². The first-order valence-electron chi connectivity index (χ1n) is 8.25. The van der Waals surface area contributed by atoms with Crippen LogP contribution in [0, 0.1) is 6.92 Å². The van der Waals surface area contributed by atoms with E-state index in [1.54, 1.807) is 6.07 Å². The van der Waals surface area contributed by atoms with Gasteiger partial charge < -0.3 is 10.6 Å². The van der Waals surface area contributed by atoms with E-state index in [0.717, 1.165) is 24.1 Å². The number of benzene rings is 1. The van der Waals surface area contributed by atoms with Crippen molar-refractivity contribution in [1.82, 2.24) is 15.3 Å². The number of hydrogen-bond acceptors (Lipinski definition) is 4. The van der Waals surface area contributed by atoms with Crippen molar-refractivity contribution in [3.05, 3.63) is 52.3 Å². The smallest absolute Gasteiger partial charge is 0.270 e. The van der Waals surface area contributed by atoms with Crippen LogP contribution in [0.5, 0.6) is 0 Å². The summed E-state index contributed by atoms with van der Waals surface area (Å²) in [6.45, 7) is 2.36. The van der Waals surface area contributed by atoms with Crippen molar-refractivity contribution in [2.24, 2.45) is 0 Å². The van der Waals surface area contributed by atoms with E-state index in [4.69, 9.17) is 11.6 Å². The number of nitrogens with zero attached hydrogens (tertiary/aromatic N) is 2. The first-order valence-corrected chi connectivity index (χ1v) is 8.63. The van der Waals surface area contributed by atoms with Gasteiger partial charge in [-0.15, -0.1) is 0 Å². The Hall–Kier alpha value is -2.14. The fraction of sp³-hybridized carbons (Fsp3) is 0.389. The molecule has 6 heteroatoms. The van der Waals surface area contributed by atoms with Gasteiger partial charge in [0.1, 0.15) is 5.69 Å². The van der Waals surface area contributed by atoms with Crippen LogP contribution in [0.25, 0.3) is 0 Å². The maximum atomic E-state index is 12.4. The lowest BCUT2D eigenvalue weighted by Crippen LogP contribution is -2.33. The number of halogens is 1. The molecule has 0 atom stereocenters. The Balaban J connectivity index is 1.69. The number of aryl methyl sites for hydroxylation is 1. The summed E-state index contributed by atoms with van der Waals surface area (Å²) >= 11 is 6.15. The molecule has 1 aliphatic rings. The molecule has 0 spiro atoms. The van der Waals surface area contributed by atoms with Crippen molar-refractivity contribution in [2.45, 2.75) is 45.2 Å². The molecule has 2 aromatic rings. The second-order valence-electron chi connectivity index (χ2n) is 6.12. The van der Waals surface area contributed by atoms with Crippen molar-refractivity contribution < 1.29 is 4.79 Å². The van der Waals surface area contributed by atoms with Gasteiger partial charge in [0.2, 0.25) is 5.95 Å². The van der Waals surface area contributed by atoms with Crippen molar-refractivity contribution >= 4 is 23.5 Å². The number of carbonyl (C=O) groups excluding carboxylic acids is 1. The molecule has 0 radical (unpaired) electrons. The lowest BCUT2D eigenvalue weighted by atomic mass is 10.2. The molecule has 24 heavy (non-hydrogen) atoms. The van der Waals surface area contributed by atoms with Gasteiger partial charge >= 0.3 is 0 Å². The predicted molar refractivity (Wildman–Crippen MR) is 95.3 cm³/mol. The molecule has 1 aliphatic carbocycles. The van der Waals surface area contributed by atoms with E-state index in [1.165, 1.54) is 12.8 Å². The van der Waals surface area contributed by atoms with Crippen molar-refractivity contribution in [3.8, 4) is 0 Å². The van der Waals surface area contributed by atoms with Crippen LogP contribution in [0.15, 0.2) is 30.3 Å². The highest BCUT2D eigenvalue weighted by atomic mass is 35.5. The molecule has 1 aromatic carbocycles. The summed E-state index contributed by atoms with van der Waals surface area (Å²) in [6, 6.07) is 9.59. The van der Waals surface area contributed by atoms with Gasteiger partial charge in [0.25, 0.3) is 5.91 Å². The highest BCUT2D eigenvalue weighted by Crippen LogP contribution is 2.19. The van der Waals surface area contributed by atoms with Crippen LogP contribution >= 0.6 is 11.6 Å². The van der Waals surface area contributed by atoms with Crippen LogP contribution in [-0.4, -0.2) is 21.9 Å². The third kappa shape index (κ3) is 4.23. The van der Waals surface area contributed by atoms with Crippen LogP contribution in [0.2, 0.25) is 5.02 Å². The molecule has 126 valence electrons. The summed E-state index contributed by atoms with van der Waals surface area (Å²) in [5, 5.41) is 6.89. The topological polar surface area (TPSA) is 66.9 Å². The molecule has 2 N–H and O–H groups in total. The molecule has 1 fully saturated rings. The van der Waals surface area contributed by atoms with Gasteiger partial charge in [-0.05, 0) is 37.5 Å². The summed E-state index contributed by atoms with van der Waals surface area (Å²) in [6.07, 6.45) is 4.46. The molecular formula is C18H21ClN4O. The van der Waals surface area contributed by atoms with Gasteiger partial charge in [0.15, 0.2) is 0 Å². The fourth-order valence-electron chi connectivity index (χ4n) is 2.91. The Morgan fingerprint density at radius 3 is 2.75 bits per heavy atom. The van der Waals surface area contributed by atoms with E-state index in [0.29, 0.717) is 23.2 Å². The number of carbonyl (C=O) groups is 1. The average molecular weight is 345 g/mol. The number of anilines is 1. The van der Waals surface area contributed by atoms with E-state index in [2.05, 4.69) is 20.6 Å². The van der Waals surface area contributed by atoms with Gasteiger partial charge in [0, 0.05) is 23.3 Å². The van der Waals surface area contributed by atoms with E-state index < -0.39 is 0 Å². The van der Waals surface area contributed by atoms with E-state index >= 15 is 0 Å². The minimum Gasteiger partial charge on any atom is -0.350 e.